The second-order valence-electron chi connectivity index (χ2n) is 7.76. The average molecular weight is 406 g/mol. The number of Topliss-reactive ketones (excluding diaryl/α,β-unsaturated/α-hetero) is 1. The molecule has 0 saturated heterocycles. The third-order valence-electron chi connectivity index (χ3n) is 6.02. The lowest BCUT2D eigenvalue weighted by atomic mass is 9.87. The first-order chi connectivity index (χ1) is 14.5. The summed E-state index contributed by atoms with van der Waals surface area (Å²) < 4.78 is 12.5. The molecule has 3 aromatic rings. The van der Waals surface area contributed by atoms with Crippen molar-refractivity contribution in [2.75, 3.05) is 13.7 Å². The number of aryl methyl sites for hydroxylation is 2. The van der Waals surface area contributed by atoms with Crippen molar-refractivity contribution in [1.82, 2.24) is 9.38 Å². The molecule has 1 aliphatic rings. The second-order valence-corrected chi connectivity index (χ2v) is 7.76. The molecule has 0 saturated carbocycles. The quantitative estimate of drug-likeness (QED) is 0.456. The Kier molecular flexibility index (Phi) is 5.33. The summed E-state index contributed by atoms with van der Waals surface area (Å²) in [7, 11) is 1.40. The predicted molar refractivity (Wildman–Crippen MR) is 113 cm³/mol. The Labute approximate surface area is 175 Å². The number of fused-ring (bicyclic) bond motifs is 2. The molecule has 0 aliphatic heterocycles. The Balaban J connectivity index is 1.73. The second kappa shape index (κ2) is 7.94. The fourth-order valence-corrected chi connectivity index (χ4v) is 4.64. The van der Waals surface area contributed by atoms with Crippen LogP contribution in [0.4, 0.5) is 0 Å². The number of rotatable bonds is 6. The SMILES string of the molecule is CCOc1cccn2c(C(=O)C[C@@H]3c4cccc(C)c4C[C@H]3C(=O)OC)c(C)nc12. The van der Waals surface area contributed by atoms with Crippen LogP contribution in [0.1, 0.15) is 52.1 Å². The van der Waals surface area contributed by atoms with Crippen LogP contribution in [0, 0.1) is 19.8 Å². The molecule has 0 radical (unpaired) electrons. The number of benzene rings is 1. The van der Waals surface area contributed by atoms with Gasteiger partial charge in [-0.15, -0.1) is 0 Å². The van der Waals surface area contributed by atoms with Crippen molar-refractivity contribution >= 4 is 17.4 Å². The number of ketones is 1. The number of ether oxygens (including phenoxy) is 2. The summed E-state index contributed by atoms with van der Waals surface area (Å²) in [6, 6.07) is 9.75. The monoisotopic (exact) mass is 406 g/mol. The Morgan fingerprint density at radius 2 is 2.00 bits per heavy atom. The molecule has 0 amide bonds. The molecular weight excluding hydrogens is 380 g/mol. The standard InChI is InChI=1S/C24H26N2O4/c1-5-30-21-10-7-11-26-22(15(3)25-23(21)26)20(27)13-18-16-9-6-8-14(2)17(16)12-19(18)24(28)29-4/h6-11,18-19H,5,12-13H2,1-4H3/t18-,19-/m1/s1. The Bertz CT molecular complexity index is 1130. The van der Waals surface area contributed by atoms with Crippen molar-refractivity contribution in [3.8, 4) is 5.75 Å². The van der Waals surface area contributed by atoms with Crippen LogP contribution in [0.15, 0.2) is 36.5 Å². The first kappa shape index (κ1) is 20.1. The van der Waals surface area contributed by atoms with E-state index in [1.165, 1.54) is 7.11 Å². The number of carbonyl (C=O) groups is 2. The molecule has 1 aliphatic carbocycles. The Morgan fingerprint density at radius 3 is 2.73 bits per heavy atom. The van der Waals surface area contributed by atoms with Gasteiger partial charge in [0.05, 0.1) is 25.3 Å². The number of nitrogens with zero attached hydrogens (tertiary/aromatic N) is 2. The van der Waals surface area contributed by atoms with E-state index in [-0.39, 0.29) is 30.0 Å². The zero-order valence-electron chi connectivity index (χ0n) is 17.8. The van der Waals surface area contributed by atoms with E-state index in [0.29, 0.717) is 35.8 Å². The normalized spacial score (nSPS) is 17.7. The number of methoxy groups -OCH3 is 1. The number of pyridine rings is 1. The van der Waals surface area contributed by atoms with E-state index in [9.17, 15) is 9.59 Å². The highest BCUT2D eigenvalue weighted by atomic mass is 16.5. The van der Waals surface area contributed by atoms with Gasteiger partial charge in [0.15, 0.2) is 17.2 Å². The van der Waals surface area contributed by atoms with Gasteiger partial charge in [-0.05, 0) is 56.0 Å². The van der Waals surface area contributed by atoms with Gasteiger partial charge in [-0.25, -0.2) is 4.98 Å². The minimum Gasteiger partial charge on any atom is -0.490 e. The summed E-state index contributed by atoms with van der Waals surface area (Å²) in [4.78, 5) is 30.5. The summed E-state index contributed by atoms with van der Waals surface area (Å²) in [6.45, 7) is 6.31. The van der Waals surface area contributed by atoms with Crippen LogP contribution in [0.5, 0.6) is 5.75 Å². The van der Waals surface area contributed by atoms with Crippen molar-refractivity contribution in [3.63, 3.8) is 0 Å². The van der Waals surface area contributed by atoms with E-state index in [1.807, 2.05) is 57.3 Å². The summed E-state index contributed by atoms with van der Waals surface area (Å²) in [5.41, 5.74) is 5.19. The summed E-state index contributed by atoms with van der Waals surface area (Å²) in [5, 5.41) is 0. The van der Waals surface area contributed by atoms with Gasteiger partial charge in [-0.1, -0.05) is 18.2 Å². The highest BCUT2D eigenvalue weighted by Crippen LogP contribution is 2.43. The van der Waals surface area contributed by atoms with E-state index < -0.39 is 0 Å². The lowest BCUT2D eigenvalue weighted by Crippen LogP contribution is -2.23. The molecular formula is C24H26N2O4. The smallest absolute Gasteiger partial charge is 0.309 e. The number of imidazole rings is 1. The highest BCUT2D eigenvalue weighted by Gasteiger charge is 2.40. The molecule has 0 spiro atoms. The Hall–Kier alpha value is -3.15. The third kappa shape index (κ3) is 3.26. The van der Waals surface area contributed by atoms with Crippen LogP contribution in [0.2, 0.25) is 0 Å². The number of esters is 1. The maximum absolute atomic E-state index is 13.5. The molecule has 6 heteroatoms. The number of aromatic nitrogens is 2. The predicted octanol–water partition coefficient (Wildman–Crippen LogP) is 4.05. The van der Waals surface area contributed by atoms with Gasteiger partial charge < -0.3 is 9.47 Å². The lowest BCUT2D eigenvalue weighted by Gasteiger charge is -2.18. The molecule has 30 heavy (non-hydrogen) atoms. The molecule has 0 unspecified atom stereocenters. The van der Waals surface area contributed by atoms with Gasteiger partial charge in [0.1, 0.15) is 5.69 Å². The van der Waals surface area contributed by atoms with E-state index in [2.05, 4.69) is 4.98 Å². The first-order valence-corrected chi connectivity index (χ1v) is 10.3. The molecule has 2 atom stereocenters. The summed E-state index contributed by atoms with van der Waals surface area (Å²) in [5.74, 6) is -0.219. The van der Waals surface area contributed by atoms with Gasteiger partial charge in [-0.3, -0.25) is 14.0 Å². The van der Waals surface area contributed by atoms with Crippen molar-refractivity contribution in [1.29, 1.82) is 0 Å². The minimum absolute atomic E-state index is 0.0399. The van der Waals surface area contributed by atoms with Gasteiger partial charge in [0, 0.05) is 18.5 Å². The van der Waals surface area contributed by atoms with Crippen molar-refractivity contribution < 1.29 is 19.1 Å². The maximum Gasteiger partial charge on any atom is 0.309 e. The maximum atomic E-state index is 13.5. The van der Waals surface area contributed by atoms with Crippen LogP contribution >= 0.6 is 0 Å². The van der Waals surface area contributed by atoms with Gasteiger partial charge in [0.2, 0.25) is 0 Å². The average Bonchev–Trinajstić information content (AvgIpc) is 3.26. The molecule has 2 heterocycles. The van der Waals surface area contributed by atoms with Crippen LogP contribution in [0.3, 0.4) is 0 Å². The number of carbonyl (C=O) groups excluding carboxylic acids is 2. The van der Waals surface area contributed by atoms with Crippen LogP contribution < -0.4 is 4.74 Å². The van der Waals surface area contributed by atoms with Crippen molar-refractivity contribution in [2.24, 2.45) is 5.92 Å². The lowest BCUT2D eigenvalue weighted by molar-refractivity contribution is -0.145. The zero-order chi connectivity index (χ0) is 21.4. The first-order valence-electron chi connectivity index (χ1n) is 10.3. The van der Waals surface area contributed by atoms with Crippen molar-refractivity contribution in [2.45, 2.75) is 39.5 Å². The fourth-order valence-electron chi connectivity index (χ4n) is 4.64. The molecule has 0 fully saturated rings. The molecule has 0 bridgehead atoms. The van der Waals surface area contributed by atoms with Gasteiger partial charge >= 0.3 is 5.97 Å². The molecule has 156 valence electrons. The molecule has 6 nitrogen and oxygen atoms in total. The summed E-state index contributed by atoms with van der Waals surface area (Å²) >= 11 is 0. The molecule has 4 rings (SSSR count). The van der Waals surface area contributed by atoms with Crippen LogP contribution in [0.25, 0.3) is 5.65 Å². The van der Waals surface area contributed by atoms with Crippen molar-refractivity contribution in [3.05, 3.63) is 64.6 Å². The third-order valence-corrected chi connectivity index (χ3v) is 6.02. The largest absolute Gasteiger partial charge is 0.490 e. The number of hydrogen-bond acceptors (Lipinski definition) is 5. The fraction of sp³-hybridized carbons (Fsp3) is 0.375. The van der Waals surface area contributed by atoms with E-state index in [4.69, 9.17) is 9.47 Å². The topological polar surface area (TPSA) is 69.9 Å². The zero-order valence-corrected chi connectivity index (χ0v) is 17.8. The summed E-state index contributed by atoms with van der Waals surface area (Å²) in [6.07, 6.45) is 2.66. The highest BCUT2D eigenvalue weighted by molar-refractivity contribution is 5.97. The molecule has 1 aromatic carbocycles. The van der Waals surface area contributed by atoms with Gasteiger partial charge in [0.25, 0.3) is 0 Å². The molecule has 0 N–H and O–H groups in total. The van der Waals surface area contributed by atoms with Crippen LogP contribution in [-0.2, 0) is 16.0 Å². The van der Waals surface area contributed by atoms with Crippen LogP contribution in [-0.4, -0.2) is 34.9 Å². The molecule has 2 aromatic heterocycles. The van der Waals surface area contributed by atoms with E-state index >= 15 is 0 Å². The Morgan fingerprint density at radius 1 is 1.20 bits per heavy atom. The minimum atomic E-state index is -0.353. The van der Waals surface area contributed by atoms with E-state index in [0.717, 1.165) is 16.7 Å². The number of hydrogen-bond donors (Lipinski definition) is 0. The van der Waals surface area contributed by atoms with Gasteiger partial charge in [-0.2, -0.15) is 0 Å². The van der Waals surface area contributed by atoms with E-state index in [1.54, 1.807) is 4.40 Å².